The van der Waals surface area contributed by atoms with Crippen LogP contribution in [0.1, 0.15) is 19.3 Å². The molecule has 0 spiro atoms. The van der Waals surface area contributed by atoms with Crippen molar-refractivity contribution in [3.8, 4) is 11.5 Å². The van der Waals surface area contributed by atoms with E-state index >= 15 is 0 Å². The van der Waals surface area contributed by atoms with Gasteiger partial charge in [-0.2, -0.15) is 0 Å². The van der Waals surface area contributed by atoms with Crippen molar-refractivity contribution in [2.45, 2.75) is 30.3 Å². The standard InChI is InChI=1S/C16H25NO6S/c1-20-15-7-6-14(11-16(15)21-2)24(18,19)17-8-4-9-22-12-13-5-3-10-23-13/h6-7,11,13,17H,3-5,8-10,12H2,1-2H3/t13-/m1/s1. The molecule has 0 unspecified atom stereocenters. The van der Waals surface area contributed by atoms with E-state index in [0.717, 1.165) is 19.4 Å². The highest BCUT2D eigenvalue weighted by molar-refractivity contribution is 7.89. The van der Waals surface area contributed by atoms with E-state index in [1.807, 2.05) is 0 Å². The van der Waals surface area contributed by atoms with Crippen LogP contribution < -0.4 is 14.2 Å². The van der Waals surface area contributed by atoms with Gasteiger partial charge in [0, 0.05) is 25.8 Å². The predicted octanol–water partition coefficient (Wildman–Crippen LogP) is 1.57. The average molecular weight is 359 g/mol. The van der Waals surface area contributed by atoms with E-state index in [0.29, 0.717) is 37.7 Å². The number of benzene rings is 1. The molecule has 24 heavy (non-hydrogen) atoms. The first kappa shape index (κ1) is 19.0. The van der Waals surface area contributed by atoms with E-state index in [9.17, 15) is 8.42 Å². The Hall–Kier alpha value is -1.35. The van der Waals surface area contributed by atoms with Crippen molar-refractivity contribution in [3.05, 3.63) is 18.2 Å². The molecule has 136 valence electrons. The summed E-state index contributed by atoms with van der Waals surface area (Å²) >= 11 is 0. The number of rotatable bonds is 10. The van der Waals surface area contributed by atoms with Crippen LogP contribution >= 0.6 is 0 Å². The predicted molar refractivity (Wildman–Crippen MR) is 89.1 cm³/mol. The minimum atomic E-state index is -3.59. The highest BCUT2D eigenvalue weighted by Gasteiger charge is 2.17. The summed E-state index contributed by atoms with van der Waals surface area (Å²) in [6, 6.07) is 4.49. The Morgan fingerprint density at radius 1 is 1.25 bits per heavy atom. The molecule has 1 N–H and O–H groups in total. The van der Waals surface area contributed by atoms with Gasteiger partial charge in [0.1, 0.15) is 0 Å². The molecule has 0 bridgehead atoms. The molecule has 1 aromatic rings. The fourth-order valence-corrected chi connectivity index (χ4v) is 3.53. The van der Waals surface area contributed by atoms with Crippen LogP contribution in [0.15, 0.2) is 23.1 Å². The Morgan fingerprint density at radius 3 is 2.71 bits per heavy atom. The molecule has 1 heterocycles. The lowest BCUT2D eigenvalue weighted by atomic mass is 10.2. The van der Waals surface area contributed by atoms with Crippen molar-refractivity contribution in [2.75, 3.05) is 40.6 Å². The van der Waals surface area contributed by atoms with Gasteiger partial charge in [-0.1, -0.05) is 0 Å². The largest absolute Gasteiger partial charge is 0.493 e. The third kappa shape index (κ3) is 5.34. The number of hydrogen-bond acceptors (Lipinski definition) is 6. The van der Waals surface area contributed by atoms with E-state index in [4.69, 9.17) is 18.9 Å². The third-order valence-electron chi connectivity index (χ3n) is 3.75. The molecule has 0 radical (unpaired) electrons. The quantitative estimate of drug-likeness (QED) is 0.639. The number of sulfonamides is 1. The molecular weight excluding hydrogens is 334 g/mol. The molecule has 0 saturated carbocycles. The van der Waals surface area contributed by atoms with E-state index in [1.54, 1.807) is 6.07 Å². The molecule has 1 aliphatic rings. The van der Waals surface area contributed by atoms with Crippen LogP contribution in [-0.4, -0.2) is 55.1 Å². The second-order valence-electron chi connectivity index (χ2n) is 5.48. The zero-order valence-corrected chi connectivity index (χ0v) is 14.9. The molecule has 7 nitrogen and oxygen atoms in total. The fraction of sp³-hybridized carbons (Fsp3) is 0.625. The monoisotopic (exact) mass is 359 g/mol. The zero-order valence-electron chi connectivity index (χ0n) is 14.1. The van der Waals surface area contributed by atoms with Crippen molar-refractivity contribution < 1.29 is 27.4 Å². The van der Waals surface area contributed by atoms with E-state index in [-0.39, 0.29) is 11.0 Å². The maximum absolute atomic E-state index is 12.3. The third-order valence-corrected chi connectivity index (χ3v) is 5.21. The Labute approximate surface area is 143 Å². The summed E-state index contributed by atoms with van der Waals surface area (Å²) in [4.78, 5) is 0.139. The lowest BCUT2D eigenvalue weighted by molar-refractivity contribution is 0.0169. The summed E-state index contributed by atoms with van der Waals surface area (Å²) < 4.78 is 48.3. The number of nitrogens with one attached hydrogen (secondary N) is 1. The first-order chi connectivity index (χ1) is 11.6. The van der Waals surface area contributed by atoms with Gasteiger partial charge in [0.2, 0.25) is 10.0 Å². The van der Waals surface area contributed by atoms with Gasteiger partial charge >= 0.3 is 0 Å². The Morgan fingerprint density at radius 2 is 2.04 bits per heavy atom. The molecule has 1 aliphatic heterocycles. The van der Waals surface area contributed by atoms with Crippen molar-refractivity contribution in [2.24, 2.45) is 0 Å². The van der Waals surface area contributed by atoms with Gasteiger partial charge in [-0.15, -0.1) is 0 Å². The first-order valence-electron chi connectivity index (χ1n) is 7.98. The normalized spacial score (nSPS) is 17.8. The molecule has 8 heteroatoms. The van der Waals surface area contributed by atoms with Crippen LogP contribution in [-0.2, 0) is 19.5 Å². The number of hydrogen-bond donors (Lipinski definition) is 1. The number of methoxy groups -OCH3 is 2. The van der Waals surface area contributed by atoms with Gasteiger partial charge in [0.25, 0.3) is 0 Å². The summed E-state index contributed by atoms with van der Waals surface area (Å²) in [5.41, 5.74) is 0. The summed E-state index contributed by atoms with van der Waals surface area (Å²) in [7, 11) is -0.620. The van der Waals surface area contributed by atoms with Gasteiger partial charge < -0.3 is 18.9 Å². The summed E-state index contributed by atoms with van der Waals surface area (Å²) in [5, 5.41) is 0. The van der Waals surface area contributed by atoms with Gasteiger partial charge in [0.15, 0.2) is 11.5 Å². The average Bonchev–Trinajstić information content (AvgIpc) is 3.10. The summed E-state index contributed by atoms with van der Waals surface area (Å²) in [6.07, 6.45) is 2.90. The van der Waals surface area contributed by atoms with Crippen LogP contribution in [0.3, 0.4) is 0 Å². The summed E-state index contributed by atoms with van der Waals surface area (Å²) in [6.45, 7) is 2.18. The minimum absolute atomic E-state index is 0.139. The zero-order chi connectivity index (χ0) is 17.4. The molecule has 1 fully saturated rings. The lowest BCUT2D eigenvalue weighted by Crippen LogP contribution is -2.26. The Kier molecular flexibility index (Phi) is 7.29. The SMILES string of the molecule is COc1ccc(S(=O)(=O)NCCCOC[C@H]2CCCO2)cc1OC. The van der Waals surface area contributed by atoms with Crippen LogP contribution in [0, 0.1) is 0 Å². The molecule has 1 atom stereocenters. The highest BCUT2D eigenvalue weighted by Crippen LogP contribution is 2.29. The summed E-state index contributed by atoms with van der Waals surface area (Å²) in [5.74, 6) is 0.860. The molecule has 1 saturated heterocycles. The topological polar surface area (TPSA) is 83.1 Å². The molecule has 2 rings (SSSR count). The Bertz CT molecular complexity index is 613. The molecule has 1 aromatic carbocycles. The molecule has 0 aromatic heterocycles. The van der Waals surface area contributed by atoms with E-state index in [2.05, 4.69) is 4.72 Å². The second-order valence-corrected chi connectivity index (χ2v) is 7.25. The smallest absolute Gasteiger partial charge is 0.240 e. The minimum Gasteiger partial charge on any atom is -0.493 e. The van der Waals surface area contributed by atoms with Gasteiger partial charge in [-0.25, -0.2) is 13.1 Å². The van der Waals surface area contributed by atoms with Gasteiger partial charge in [-0.3, -0.25) is 0 Å². The number of ether oxygens (including phenoxy) is 4. The first-order valence-corrected chi connectivity index (χ1v) is 9.46. The molecular formula is C16H25NO6S. The second kappa shape index (κ2) is 9.22. The lowest BCUT2D eigenvalue weighted by Gasteiger charge is -2.12. The van der Waals surface area contributed by atoms with Crippen molar-refractivity contribution in [3.63, 3.8) is 0 Å². The van der Waals surface area contributed by atoms with Gasteiger partial charge in [-0.05, 0) is 31.4 Å². The van der Waals surface area contributed by atoms with Gasteiger partial charge in [0.05, 0.1) is 31.8 Å². The van der Waals surface area contributed by atoms with E-state index < -0.39 is 10.0 Å². The van der Waals surface area contributed by atoms with Crippen LogP contribution in [0.25, 0.3) is 0 Å². The fourth-order valence-electron chi connectivity index (χ4n) is 2.44. The maximum atomic E-state index is 12.3. The van der Waals surface area contributed by atoms with Crippen molar-refractivity contribution >= 4 is 10.0 Å². The maximum Gasteiger partial charge on any atom is 0.240 e. The van der Waals surface area contributed by atoms with Crippen LogP contribution in [0.5, 0.6) is 11.5 Å². The van der Waals surface area contributed by atoms with Crippen LogP contribution in [0.4, 0.5) is 0 Å². The van der Waals surface area contributed by atoms with E-state index in [1.165, 1.54) is 26.4 Å². The highest BCUT2D eigenvalue weighted by atomic mass is 32.2. The molecule has 0 amide bonds. The Balaban J connectivity index is 1.76. The van der Waals surface area contributed by atoms with Crippen LogP contribution in [0.2, 0.25) is 0 Å². The molecule has 0 aliphatic carbocycles. The van der Waals surface area contributed by atoms with Crippen molar-refractivity contribution in [1.82, 2.24) is 4.72 Å². The van der Waals surface area contributed by atoms with Crippen molar-refractivity contribution in [1.29, 1.82) is 0 Å².